The van der Waals surface area contributed by atoms with Gasteiger partial charge in [0.15, 0.2) is 0 Å². The molecule has 1 fully saturated rings. The van der Waals surface area contributed by atoms with Gasteiger partial charge in [-0.2, -0.15) is 0 Å². The highest BCUT2D eigenvalue weighted by Crippen LogP contribution is 2.32. The maximum Gasteiger partial charge on any atom is 0.250 e. The summed E-state index contributed by atoms with van der Waals surface area (Å²) < 4.78 is 26.4. The number of hydrogen-bond acceptors (Lipinski definition) is 2. The minimum Gasteiger partial charge on any atom is -0.298 e. The number of hydrogen-bond donors (Lipinski definition) is 0. The predicted molar refractivity (Wildman–Crippen MR) is 93.2 cm³/mol. The van der Waals surface area contributed by atoms with Crippen LogP contribution < -0.4 is 0 Å². The first-order chi connectivity index (χ1) is 11.1. The molecule has 0 N–H and O–H groups in total. The highest BCUT2D eigenvalue weighted by Gasteiger charge is 2.33. The van der Waals surface area contributed by atoms with E-state index in [1.165, 1.54) is 20.9 Å². The molecule has 1 aromatic carbocycles. The molecule has 3 rings (SSSR count). The van der Waals surface area contributed by atoms with Crippen LogP contribution in [0.25, 0.3) is 10.4 Å². The zero-order valence-corrected chi connectivity index (χ0v) is 14.3. The van der Waals surface area contributed by atoms with E-state index >= 15 is 0 Å². The monoisotopic (exact) mass is 335 g/mol. The van der Waals surface area contributed by atoms with Crippen LogP contribution in [0.1, 0.15) is 36.6 Å². The van der Waals surface area contributed by atoms with Gasteiger partial charge in [-0.1, -0.05) is 37.6 Å². The van der Waals surface area contributed by atoms with Gasteiger partial charge in [-0.15, -0.1) is 11.3 Å². The van der Waals surface area contributed by atoms with Gasteiger partial charge in [0.1, 0.15) is 0 Å². The Bertz CT molecular complexity index is 623. The van der Waals surface area contributed by atoms with Crippen LogP contribution in [0.15, 0.2) is 36.4 Å². The van der Waals surface area contributed by atoms with E-state index in [1.54, 1.807) is 11.3 Å². The van der Waals surface area contributed by atoms with E-state index in [-0.39, 0.29) is 12.8 Å². The number of benzene rings is 1. The SMILES string of the molecule is CCCc1ccc(-c2ccc(CN3CCC(F)(F)CC3)s2)cc1. The molecule has 1 saturated heterocycles. The lowest BCUT2D eigenvalue weighted by Crippen LogP contribution is -2.38. The number of alkyl halides is 2. The molecule has 23 heavy (non-hydrogen) atoms. The molecular formula is C19H23F2NS. The molecule has 0 unspecified atom stereocenters. The second kappa shape index (κ2) is 7.10. The van der Waals surface area contributed by atoms with E-state index in [0.717, 1.165) is 19.4 Å². The van der Waals surface area contributed by atoms with Crippen molar-refractivity contribution < 1.29 is 8.78 Å². The molecule has 0 spiro atoms. The second-order valence-electron chi connectivity index (χ2n) is 6.34. The third-order valence-electron chi connectivity index (χ3n) is 4.41. The topological polar surface area (TPSA) is 3.24 Å². The molecule has 1 aliphatic rings. The van der Waals surface area contributed by atoms with E-state index in [4.69, 9.17) is 0 Å². The summed E-state index contributed by atoms with van der Waals surface area (Å²) in [7, 11) is 0. The summed E-state index contributed by atoms with van der Waals surface area (Å²) in [5.74, 6) is -2.46. The van der Waals surface area contributed by atoms with Crippen molar-refractivity contribution in [3.05, 3.63) is 46.8 Å². The summed E-state index contributed by atoms with van der Waals surface area (Å²) in [4.78, 5) is 4.64. The summed E-state index contributed by atoms with van der Waals surface area (Å²) in [5.41, 5.74) is 2.62. The van der Waals surface area contributed by atoms with Crippen LogP contribution >= 0.6 is 11.3 Å². The summed E-state index contributed by atoms with van der Waals surface area (Å²) in [6.07, 6.45) is 2.27. The van der Waals surface area contributed by atoms with Crippen LogP contribution in [-0.2, 0) is 13.0 Å². The van der Waals surface area contributed by atoms with Crippen LogP contribution in [0.4, 0.5) is 8.78 Å². The van der Waals surface area contributed by atoms with Gasteiger partial charge in [0.25, 0.3) is 5.92 Å². The molecule has 0 amide bonds. The molecule has 1 aromatic heterocycles. The molecule has 2 heterocycles. The smallest absolute Gasteiger partial charge is 0.250 e. The van der Waals surface area contributed by atoms with Crippen LogP contribution in [0.5, 0.6) is 0 Å². The molecular weight excluding hydrogens is 312 g/mol. The van der Waals surface area contributed by atoms with Gasteiger partial charge in [0.05, 0.1) is 0 Å². The van der Waals surface area contributed by atoms with Gasteiger partial charge in [-0.05, 0) is 29.7 Å². The molecule has 124 valence electrons. The summed E-state index contributed by atoms with van der Waals surface area (Å²) in [6.45, 7) is 3.96. The van der Waals surface area contributed by atoms with E-state index < -0.39 is 5.92 Å². The van der Waals surface area contributed by atoms with Gasteiger partial charge >= 0.3 is 0 Å². The summed E-state index contributed by atoms with van der Waals surface area (Å²) in [5, 5.41) is 0. The van der Waals surface area contributed by atoms with Gasteiger partial charge in [0.2, 0.25) is 0 Å². The molecule has 1 aliphatic heterocycles. The quantitative estimate of drug-likeness (QED) is 0.687. The number of halogens is 2. The molecule has 0 bridgehead atoms. The van der Waals surface area contributed by atoms with Crippen molar-refractivity contribution in [3.63, 3.8) is 0 Å². The van der Waals surface area contributed by atoms with Crippen LogP contribution in [0, 0.1) is 0 Å². The molecule has 0 atom stereocenters. The third kappa shape index (κ3) is 4.39. The van der Waals surface area contributed by atoms with Crippen molar-refractivity contribution in [2.75, 3.05) is 13.1 Å². The lowest BCUT2D eigenvalue weighted by atomic mass is 10.1. The first-order valence-corrected chi connectivity index (χ1v) is 9.15. The third-order valence-corrected chi connectivity index (χ3v) is 5.52. The van der Waals surface area contributed by atoms with Crippen molar-refractivity contribution in [2.24, 2.45) is 0 Å². The molecule has 2 aromatic rings. The summed E-state index contributed by atoms with van der Waals surface area (Å²) >= 11 is 1.77. The van der Waals surface area contributed by atoms with Crippen molar-refractivity contribution in [3.8, 4) is 10.4 Å². The Morgan fingerprint density at radius 3 is 2.39 bits per heavy atom. The van der Waals surface area contributed by atoms with Crippen LogP contribution in [0.2, 0.25) is 0 Å². The van der Waals surface area contributed by atoms with Crippen LogP contribution in [-0.4, -0.2) is 23.9 Å². The van der Waals surface area contributed by atoms with E-state index in [2.05, 4.69) is 48.2 Å². The van der Waals surface area contributed by atoms with Gasteiger partial charge in [0, 0.05) is 42.2 Å². The molecule has 0 aliphatic carbocycles. The normalized spacial score (nSPS) is 18.2. The molecule has 0 radical (unpaired) electrons. The molecule has 4 heteroatoms. The van der Waals surface area contributed by atoms with Crippen molar-refractivity contribution >= 4 is 11.3 Å². The largest absolute Gasteiger partial charge is 0.298 e. The van der Waals surface area contributed by atoms with Crippen molar-refractivity contribution in [1.29, 1.82) is 0 Å². The Kier molecular flexibility index (Phi) is 5.12. The Labute approximate surface area is 140 Å². The predicted octanol–water partition coefficient (Wildman–Crippen LogP) is 5.60. The maximum atomic E-state index is 13.2. The van der Waals surface area contributed by atoms with Crippen molar-refractivity contribution in [2.45, 2.75) is 45.1 Å². The lowest BCUT2D eigenvalue weighted by Gasteiger charge is -2.31. The van der Waals surface area contributed by atoms with E-state index in [1.807, 2.05) is 0 Å². The minimum atomic E-state index is -2.46. The number of rotatable bonds is 5. The van der Waals surface area contributed by atoms with Gasteiger partial charge in [-0.25, -0.2) is 8.78 Å². The average molecular weight is 335 g/mol. The van der Waals surface area contributed by atoms with Crippen molar-refractivity contribution in [1.82, 2.24) is 4.90 Å². The number of likely N-dealkylation sites (tertiary alicyclic amines) is 1. The minimum absolute atomic E-state index is 0.00980. The Morgan fingerprint density at radius 2 is 1.74 bits per heavy atom. The fourth-order valence-corrected chi connectivity index (χ4v) is 4.06. The Balaban J connectivity index is 1.62. The van der Waals surface area contributed by atoms with Gasteiger partial charge < -0.3 is 0 Å². The standard InChI is InChI=1S/C19H23F2NS/c1-2-3-15-4-6-16(7-5-15)18-9-8-17(23-18)14-22-12-10-19(20,21)11-13-22/h4-9H,2-3,10-14H2,1H3. The zero-order valence-electron chi connectivity index (χ0n) is 13.5. The Morgan fingerprint density at radius 1 is 1.04 bits per heavy atom. The maximum absolute atomic E-state index is 13.2. The van der Waals surface area contributed by atoms with Gasteiger partial charge in [-0.3, -0.25) is 4.90 Å². The van der Waals surface area contributed by atoms with E-state index in [0.29, 0.717) is 13.1 Å². The Hall–Kier alpha value is -1.26. The number of thiophene rings is 1. The highest BCUT2D eigenvalue weighted by molar-refractivity contribution is 7.15. The second-order valence-corrected chi connectivity index (χ2v) is 7.51. The lowest BCUT2D eigenvalue weighted by molar-refractivity contribution is -0.0564. The fraction of sp³-hybridized carbons (Fsp3) is 0.474. The number of aryl methyl sites for hydroxylation is 1. The number of piperidine rings is 1. The first kappa shape index (κ1) is 16.6. The van der Waals surface area contributed by atoms with Crippen LogP contribution in [0.3, 0.4) is 0 Å². The van der Waals surface area contributed by atoms with E-state index in [9.17, 15) is 8.78 Å². The fourth-order valence-electron chi connectivity index (χ4n) is 3.00. The molecule has 0 saturated carbocycles. The highest BCUT2D eigenvalue weighted by atomic mass is 32.1. The zero-order chi connectivity index (χ0) is 16.3. The average Bonchev–Trinajstić information content (AvgIpc) is 2.99. The number of nitrogens with zero attached hydrogens (tertiary/aromatic N) is 1. The first-order valence-electron chi connectivity index (χ1n) is 8.34. The molecule has 1 nitrogen and oxygen atoms in total. The summed E-state index contributed by atoms with van der Waals surface area (Å²) in [6, 6.07) is 13.0.